The number of benzene rings is 6. The van der Waals surface area contributed by atoms with Crippen molar-refractivity contribution in [2.45, 2.75) is 0 Å². The van der Waals surface area contributed by atoms with Gasteiger partial charge >= 0.3 is 0 Å². The van der Waals surface area contributed by atoms with Gasteiger partial charge in [0.25, 0.3) is 0 Å². The fraction of sp³-hybridized carbons (Fsp3) is 0. The SMILES string of the molecule is [B]c1ccc(-c2ccc(-c3cc(-c4cccc(-c5ccccc5)c4)nc(-c4ccccc4)n3)c3ccccc23)cc1. The molecular formula is C38H25BN2. The zero-order valence-electron chi connectivity index (χ0n) is 22.4. The summed E-state index contributed by atoms with van der Waals surface area (Å²) in [4.78, 5) is 10.2. The van der Waals surface area contributed by atoms with Gasteiger partial charge in [0, 0.05) is 16.7 Å². The van der Waals surface area contributed by atoms with Crippen LogP contribution in [0.1, 0.15) is 0 Å². The molecule has 2 nitrogen and oxygen atoms in total. The van der Waals surface area contributed by atoms with Crippen LogP contribution in [0.4, 0.5) is 0 Å². The molecule has 6 aromatic carbocycles. The second-order valence-corrected chi connectivity index (χ2v) is 10.1. The molecule has 190 valence electrons. The first kappa shape index (κ1) is 24.7. The minimum atomic E-state index is 0.704. The molecule has 0 fully saturated rings. The molecule has 41 heavy (non-hydrogen) atoms. The summed E-state index contributed by atoms with van der Waals surface area (Å²) >= 11 is 0. The van der Waals surface area contributed by atoms with Crippen molar-refractivity contribution in [1.82, 2.24) is 9.97 Å². The van der Waals surface area contributed by atoms with E-state index in [2.05, 4.69) is 115 Å². The maximum absolute atomic E-state index is 5.97. The molecule has 0 saturated carbocycles. The fourth-order valence-corrected chi connectivity index (χ4v) is 5.37. The molecule has 1 heterocycles. The molecule has 0 amide bonds. The maximum atomic E-state index is 5.97. The average Bonchev–Trinajstić information content (AvgIpc) is 3.05. The molecule has 7 rings (SSSR count). The van der Waals surface area contributed by atoms with Crippen molar-refractivity contribution in [3.63, 3.8) is 0 Å². The van der Waals surface area contributed by atoms with Gasteiger partial charge in [0.2, 0.25) is 0 Å². The Balaban J connectivity index is 1.42. The van der Waals surface area contributed by atoms with E-state index in [1.165, 1.54) is 10.9 Å². The van der Waals surface area contributed by atoms with E-state index < -0.39 is 0 Å². The van der Waals surface area contributed by atoms with Crippen LogP contribution in [0.5, 0.6) is 0 Å². The van der Waals surface area contributed by atoms with Crippen LogP contribution in [-0.2, 0) is 0 Å². The quantitative estimate of drug-likeness (QED) is 0.212. The van der Waals surface area contributed by atoms with Gasteiger partial charge in [-0.2, -0.15) is 0 Å². The molecule has 2 radical (unpaired) electrons. The third-order valence-electron chi connectivity index (χ3n) is 7.45. The van der Waals surface area contributed by atoms with E-state index in [1.54, 1.807) is 0 Å². The molecule has 0 spiro atoms. The molecule has 0 aliphatic rings. The summed E-state index contributed by atoms with van der Waals surface area (Å²) in [5.41, 5.74) is 10.3. The van der Waals surface area contributed by atoms with E-state index in [-0.39, 0.29) is 0 Å². The molecule has 0 bridgehead atoms. The van der Waals surface area contributed by atoms with E-state index in [0.29, 0.717) is 5.82 Å². The topological polar surface area (TPSA) is 25.8 Å². The van der Waals surface area contributed by atoms with Crippen LogP contribution < -0.4 is 5.46 Å². The van der Waals surface area contributed by atoms with E-state index in [1.807, 2.05) is 36.4 Å². The normalized spacial score (nSPS) is 11.0. The van der Waals surface area contributed by atoms with Crippen LogP contribution in [-0.4, -0.2) is 17.8 Å². The van der Waals surface area contributed by atoms with E-state index >= 15 is 0 Å². The fourth-order valence-electron chi connectivity index (χ4n) is 5.37. The lowest BCUT2D eigenvalue weighted by Gasteiger charge is -2.14. The second kappa shape index (κ2) is 10.7. The molecular weight excluding hydrogens is 495 g/mol. The number of hydrogen-bond donors (Lipinski definition) is 0. The molecule has 0 aliphatic carbocycles. The lowest BCUT2D eigenvalue weighted by molar-refractivity contribution is 1.18. The summed E-state index contributed by atoms with van der Waals surface area (Å²) in [5.74, 6) is 0.704. The van der Waals surface area contributed by atoms with Crippen LogP contribution >= 0.6 is 0 Å². The lowest BCUT2D eigenvalue weighted by Crippen LogP contribution is -1.99. The Hall–Kier alpha value is -5.28. The first-order valence-corrected chi connectivity index (χ1v) is 13.7. The number of fused-ring (bicyclic) bond motifs is 1. The minimum Gasteiger partial charge on any atom is -0.228 e. The van der Waals surface area contributed by atoms with Gasteiger partial charge < -0.3 is 0 Å². The second-order valence-electron chi connectivity index (χ2n) is 10.1. The van der Waals surface area contributed by atoms with Gasteiger partial charge in [-0.1, -0.05) is 145 Å². The predicted molar refractivity (Wildman–Crippen MR) is 172 cm³/mol. The predicted octanol–water partition coefficient (Wildman–Crippen LogP) is 8.76. The van der Waals surface area contributed by atoms with Crippen molar-refractivity contribution < 1.29 is 0 Å². The van der Waals surface area contributed by atoms with Crippen LogP contribution in [0, 0.1) is 0 Å². The standard InChI is InChI=1S/C38H25BN2/c39-31-20-18-27(19-21-31)32-22-23-35(34-17-8-7-16-33(32)34)37-25-36(40-38(41-37)28-12-5-2-6-13-28)30-15-9-14-29(24-30)26-10-3-1-4-11-26/h1-25H. The lowest BCUT2D eigenvalue weighted by atomic mass is 9.90. The van der Waals surface area contributed by atoms with Gasteiger partial charge in [-0.15, -0.1) is 0 Å². The smallest absolute Gasteiger partial charge is 0.160 e. The Morgan fingerprint density at radius 1 is 0.366 bits per heavy atom. The number of rotatable bonds is 5. The summed E-state index contributed by atoms with van der Waals surface area (Å²) in [5, 5.41) is 2.31. The minimum absolute atomic E-state index is 0.704. The third-order valence-corrected chi connectivity index (χ3v) is 7.45. The highest BCUT2D eigenvalue weighted by molar-refractivity contribution is 6.32. The Kier molecular flexibility index (Phi) is 6.46. The van der Waals surface area contributed by atoms with E-state index in [9.17, 15) is 0 Å². The Morgan fingerprint density at radius 2 is 0.927 bits per heavy atom. The van der Waals surface area contributed by atoms with Crippen molar-refractivity contribution in [3.8, 4) is 56.2 Å². The van der Waals surface area contributed by atoms with Gasteiger partial charge in [0.05, 0.1) is 11.4 Å². The third kappa shape index (κ3) is 4.94. The molecule has 7 aromatic rings. The summed E-state index contributed by atoms with van der Waals surface area (Å²) in [6.07, 6.45) is 0. The molecule has 3 heteroatoms. The first-order chi connectivity index (χ1) is 20.2. The van der Waals surface area contributed by atoms with Crippen molar-refractivity contribution in [1.29, 1.82) is 0 Å². The van der Waals surface area contributed by atoms with Gasteiger partial charge in [0.15, 0.2) is 5.82 Å². The van der Waals surface area contributed by atoms with Gasteiger partial charge in [0.1, 0.15) is 7.85 Å². The molecule has 0 N–H and O–H groups in total. The Labute approximate surface area is 241 Å². The summed E-state index contributed by atoms with van der Waals surface area (Å²) in [7, 11) is 5.97. The van der Waals surface area contributed by atoms with Gasteiger partial charge in [-0.3, -0.25) is 0 Å². The summed E-state index contributed by atoms with van der Waals surface area (Å²) in [6.45, 7) is 0. The highest BCUT2D eigenvalue weighted by atomic mass is 14.9. The monoisotopic (exact) mass is 520 g/mol. The largest absolute Gasteiger partial charge is 0.228 e. The van der Waals surface area contributed by atoms with Gasteiger partial charge in [-0.25, -0.2) is 9.97 Å². The zero-order valence-corrected chi connectivity index (χ0v) is 22.4. The first-order valence-electron chi connectivity index (χ1n) is 13.7. The average molecular weight is 520 g/mol. The van der Waals surface area contributed by atoms with Crippen molar-refractivity contribution in [3.05, 3.63) is 152 Å². The van der Waals surface area contributed by atoms with Crippen LogP contribution in [0.15, 0.2) is 152 Å². The van der Waals surface area contributed by atoms with Crippen LogP contribution in [0.25, 0.3) is 66.9 Å². The van der Waals surface area contributed by atoms with Crippen molar-refractivity contribution in [2.24, 2.45) is 0 Å². The van der Waals surface area contributed by atoms with Crippen LogP contribution in [0.2, 0.25) is 0 Å². The van der Waals surface area contributed by atoms with Crippen molar-refractivity contribution >= 4 is 24.1 Å². The Morgan fingerprint density at radius 3 is 1.66 bits per heavy atom. The van der Waals surface area contributed by atoms with E-state index in [0.717, 1.165) is 55.6 Å². The highest BCUT2D eigenvalue weighted by Crippen LogP contribution is 2.37. The number of hydrogen-bond acceptors (Lipinski definition) is 2. The zero-order chi connectivity index (χ0) is 27.6. The summed E-state index contributed by atoms with van der Waals surface area (Å²) in [6, 6.07) is 52.2. The van der Waals surface area contributed by atoms with Gasteiger partial charge in [-0.05, 0) is 45.2 Å². The Bertz CT molecular complexity index is 1980. The summed E-state index contributed by atoms with van der Waals surface area (Å²) < 4.78 is 0. The molecule has 0 saturated heterocycles. The van der Waals surface area contributed by atoms with Crippen molar-refractivity contribution in [2.75, 3.05) is 0 Å². The highest BCUT2D eigenvalue weighted by Gasteiger charge is 2.15. The molecule has 1 aromatic heterocycles. The molecule has 0 unspecified atom stereocenters. The maximum Gasteiger partial charge on any atom is 0.160 e. The number of nitrogens with zero attached hydrogens (tertiary/aromatic N) is 2. The molecule has 0 atom stereocenters. The van der Waals surface area contributed by atoms with Crippen LogP contribution in [0.3, 0.4) is 0 Å². The van der Waals surface area contributed by atoms with E-state index in [4.69, 9.17) is 17.8 Å². The number of aromatic nitrogens is 2. The molecule has 0 aliphatic heterocycles.